The van der Waals surface area contributed by atoms with Crippen molar-refractivity contribution in [2.75, 3.05) is 5.32 Å². The molecule has 0 saturated carbocycles. The van der Waals surface area contributed by atoms with E-state index in [0.29, 0.717) is 10.2 Å². The van der Waals surface area contributed by atoms with Crippen LogP contribution in [-0.4, -0.2) is 5.91 Å². The first-order valence-corrected chi connectivity index (χ1v) is 5.92. The summed E-state index contributed by atoms with van der Waals surface area (Å²) >= 11 is 3.14. The van der Waals surface area contributed by atoms with Gasteiger partial charge in [0.05, 0.1) is 12.0 Å². The average molecular weight is 310 g/mol. The van der Waals surface area contributed by atoms with Gasteiger partial charge in [0.15, 0.2) is 0 Å². The highest BCUT2D eigenvalue weighted by molar-refractivity contribution is 9.10. The third kappa shape index (κ3) is 3.30. The van der Waals surface area contributed by atoms with Crippen LogP contribution in [0.3, 0.4) is 0 Å². The molecule has 1 aromatic heterocycles. The largest absolute Gasteiger partial charge is 0.465 e. The molecule has 2 rings (SSSR count). The molecule has 0 bridgehead atoms. The molecule has 0 saturated heterocycles. The molecule has 0 unspecified atom stereocenters. The fourth-order valence-corrected chi connectivity index (χ4v) is 1.64. The van der Waals surface area contributed by atoms with Crippen LogP contribution < -0.4 is 5.32 Å². The van der Waals surface area contributed by atoms with Crippen molar-refractivity contribution in [3.8, 4) is 0 Å². The standard InChI is InChI=1S/C13H9BrFNO2/c14-9-3-5-12(11(15)8-9)16-13(17)6-4-10-2-1-7-18-10/h1-8H,(H,16,17)/b6-4+. The lowest BCUT2D eigenvalue weighted by molar-refractivity contribution is -0.111. The van der Waals surface area contributed by atoms with Crippen molar-refractivity contribution in [3.63, 3.8) is 0 Å². The molecule has 0 atom stereocenters. The van der Waals surface area contributed by atoms with Crippen molar-refractivity contribution in [2.45, 2.75) is 0 Å². The number of carbonyl (C=O) groups excluding carboxylic acids is 1. The zero-order valence-corrected chi connectivity index (χ0v) is 10.8. The first-order chi connectivity index (χ1) is 8.65. The van der Waals surface area contributed by atoms with Gasteiger partial charge in [0.25, 0.3) is 0 Å². The topological polar surface area (TPSA) is 42.2 Å². The maximum Gasteiger partial charge on any atom is 0.248 e. The van der Waals surface area contributed by atoms with Gasteiger partial charge in [-0.25, -0.2) is 4.39 Å². The number of amides is 1. The lowest BCUT2D eigenvalue weighted by atomic mass is 10.3. The maximum atomic E-state index is 13.4. The number of carbonyl (C=O) groups is 1. The smallest absolute Gasteiger partial charge is 0.248 e. The predicted molar refractivity (Wildman–Crippen MR) is 70.5 cm³/mol. The van der Waals surface area contributed by atoms with Crippen LogP contribution in [-0.2, 0) is 4.79 Å². The van der Waals surface area contributed by atoms with Crippen LogP contribution >= 0.6 is 15.9 Å². The Morgan fingerprint density at radius 3 is 2.89 bits per heavy atom. The molecule has 0 radical (unpaired) electrons. The van der Waals surface area contributed by atoms with E-state index in [1.807, 2.05) is 0 Å². The van der Waals surface area contributed by atoms with Crippen molar-refractivity contribution in [3.05, 3.63) is 58.7 Å². The fourth-order valence-electron chi connectivity index (χ4n) is 1.31. The van der Waals surface area contributed by atoms with Gasteiger partial charge in [-0.05, 0) is 36.4 Å². The molecule has 0 spiro atoms. The molecule has 1 heterocycles. The second kappa shape index (κ2) is 5.64. The van der Waals surface area contributed by atoms with E-state index in [9.17, 15) is 9.18 Å². The Hall–Kier alpha value is -1.88. The molecule has 1 aromatic carbocycles. The minimum Gasteiger partial charge on any atom is -0.465 e. The van der Waals surface area contributed by atoms with E-state index >= 15 is 0 Å². The van der Waals surface area contributed by atoms with E-state index < -0.39 is 11.7 Å². The molecule has 3 nitrogen and oxygen atoms in total. The second-order valence-electron chi connectivity index (χ2n) is 3.46. The summed E-state index contributed by atoms with van der Waals surface area (Å²) in [5, 5.41) is 2.44. The van der Waals surface area contributed by atoms with Crippen molar-refractivity contribution in [1.29, 1.82) is 0 Å². The number of rotatable bonds is 3. The average Bonchev–Trinajstić information content (AvgIpc) is 2.83. The van der Waals surface area contributed by atoms with E-state index in [0.717, 1.165) is 0 Å². The molecule has 1 amide bonds. The van der Waals surface area contributed by atoms with Gasteiger partial charge in [-0.2, -0.15) is 0 Å². The summed E-state index contributed by atoms with van der Waals surface area (Å²) < 4.78 is 19.1. The van der Waals surface area contributed by atoms with Gasteiger partial charge in [-0.1, -0.05) is 15.9 Å². The Bertz CT molecular complexity index is 579. The quantitative estimate of drug-likeness (QED) is 0.875. The summed E-state index contributed by atoms with van der Waals surface area (Å²) in [5.41, 5.74) is 0.132. The van der Waals surface area contributed by atoms with Gasteiger partial charge in [0, 0.05) is 10.5 Å². The number of benzene rings is 1. The third-order valence-electron chi connectivity index (χ3n) is 2.13. The van der Waals surface area contributed by atoms with E-state index in [4.69, 9.17) is 4.42 Å². The van der Waals surface area contributed by atoms with Crippen molar-refractivity contribution < 1.29 is 13.6 Å². The van der Waals surface area contributed by atoms with E-state index in [1.54, 1.807) is 18.2 Å². The Labute approximate surface area is 111 Å². The number of furan rings is 1. The number of nitrogens with one attached hydrogen (secondary N) is 1. The zero-order valence-electron chi connectivity index (χ0n) is 9.19. The number of hydrogen-bond donors (Lipinski definition) is 1. The van der Waals surface area contributed by atoms with Crippen LogP contribution in [0.2, 0.25) is 0 Å². The Kier molecular flexibility index (Phi) is 3.94. The van der Waals surface area contributed by atoms with Gasteiger partial charge in [0.1, 0.15) is 11.6 Å². The van der Waals surface area contributed by atoms with Gasteiger partial charge in [-0.3, -0.25) is 4.79 Å². The molecule has 92 valence electrons. The van der Waals surface area contributed by atoms with Crippen LogP contribution in [0.5, 0.6) is 0 Å². The molecule has 0 aliphatic heterocycles. The SMILES string of the molecule is O=C(/C=C/c1ccco1)Nc1ccc(Br)cc1F. The van der Waals surface area contributed by atoms with E-state index in [1.165, 1.54) is 30.5 Å². The molecule has 2 aromatic rings. The van der Waals surface area contributed by atoms with Crippen molar-refractivity contribution >= 4 is 33.6 Å². The Morgan fingerprint density at radius 1 is 1.39 bits per heavy atom. The summed E-state index contributed by atoms with van der Waals surface area (Å²) in [7, 11) is 0. The highest BCUT2D eigenvalue weighted by Crippen LogP contribution is 2.19. The third-order valence-corrected chi connectivity index (χ3v) is 2.62. The van der Waals surface area contributed by atoms with Gasteiger partial charge in [0.2, 0.25) is 5.91 Å². The normalized spacial score (nSPS) is 10.8. The zero-order chi connectivity index (χ0) is 13.0. The van der Waals surface area contributed by atoms with Gasteiger partial charge in [-0.15, -0.1) is 0 Å². The van der Waals surface area contributed by atoms with E-state index in [2.05, 4.69) is 21.2 Å². The minimum atomic E-state index is -0.496. The van der Waals surface area contributed by atoms with Crippen LogP contribution in [0, 0.1) is 5.82 Å². The van der Waals surface area contributed by atoms with Crippen LogP contribution in [0.1, 0.15) is 5.76 Å². The molecule has 0 aliphatic carbocycles. The number of hydrogen-bond acceptors (Lipinski definition) is 2. The highest BCUT2D eigenvalue weighted by Gasteiger charge is 2.04. The summed E-state index contributed by atoms with van der Waals surface area (Å²) in [6.07, 6.45) is 4.29. The first-order valence-electron chi connectivity index (χ1n) is 5.13. The number of halogens is 2. The summed E-state index contributed by atoms with van der Waals surface area (Å²) in [4.78, 5) is 11.5. The van der Waals surface area contributed by atoms with Crippen LogP contribution in [0.25, 0.3) is 6.08 Å². The van der Waals surface area contributed by atoms with E-state index in [-0.39, 0.29) is 5.69 Å². The molecule has 1 N–H and O–H groups in total. The number of anilines is 1. The van der Waals surface area contributed by atoms with Crippen LogP contribution in [0.15, 0.2) is 51.6 Å². The van der Waals surface area contributed by atoms with Crippen molar-refractivity contribution in [1.82, 2.24) is 0 Å². The Balaban J connectivity index is 2.03. The lowest BCUT2D eigenvalue weighted by Crippen LogP contribution is -2.09. The molecule has 5 heteroatoms. The molecule has 0 fully saturated rings. The summed E-state index contributed by atoms with van der Waals surface area (Å²) in [6, 6.07) is 7.84. The lowest BCUT2D eigenvalue weighted by Gasteiger charge is -2.03. The van der Waals surface area contributed by atoms with Crippen molar-refractivity contribution in [2.24, 2.45) is 0 Å². The van der Waals surface area contributed by atoms with Crippen LogP contribution in [0.4, 0.5) is 10.1 Å². The second-order valence-corrected chi connectivity index (χ2v) is 4.38. The monoisotopic (exact) mass is 309 g/mol. The molecular weight excluding hydrogens is 301 g/mol. The molecular formula is C13H9BrFNO2. The van der Waals surface area contributed by atoms with Gasteiger partial charge < -0.3 is 9.73 Å². The highest BCUT2D eigenvalue weighted by atomic mass is 79.9. The minimum absolute atomic E-state index is 0.132. The summed E-state index contributed by atoms with van der Waals surface area (Å²) in [5.74, 6) is -0.363. The first kappa shape index (κ1) is 12.6. The molecule has 18 heavy (non-hydrogen) atoms. The predicted octanol–water partition coefficient (Wildman–Crippen LogP) is 3.83. The maximum absolute atomic E-state index is 13.4. The fraction of sp³-hybridized carbons (Fsp3) is 0. The Morgan fingerprint density at radius 2 is 2.22 bits per heavy atom. The van der Waals surface area contributed by atoms with Gasteiger partial charge >= 0.3 is 0 Å². The summed E-state index contributed by atoms with van der Waals surface area (Å²) in [6.45, 7) is 0. The molecule has 0 aliphatic rings.